The summed E-state index contributed by atoms with van der Waals surface area (Å²) in [6.07, 6.45) is 0. The number of benzene rings is 1. The van der Waals surface area contributed by atoms with Gasteiger partial charge in [0, 0.05) is 31.8 Å². The minimum atomic E-state index is 0.693. The highest BCUT2D eigenvalue weighted by molar-refractivity contribution is 5.57. The number of methoxy groups -OCH3 is 1. The van der Waals surface area contributed by atoms with Crippen molar-refractivity contribution in [3.05, 3.63) is 41.6 Å². The Hall–Kier alpha value is -1.65. The second-order valence-electron chi connectivity index (χ2n) is 4.22. The van der Waals surface area contributed by atoms with Crippen LogP contribution in [-0.4, -0.2) is 25.4 Å². The maximum Gasteiger partial charge on any atom is 0.167 e. The number of hydrogen-bond acceptors (Lipinski definition) is 4. The lowest BCUT2D eigenvalue weighted by Gasteiger charge is -1.99. The fourth-order valence-electron chi connectivity index (χ4n) is 1.64. The van der Waals surface area contributed by atoms with E-state index in [1.165, 1.54) is 5.56 Å². The van der Waals surface area contributed by atoms with Crippen molar-refractivity contribution in [2.24, 2.45) is 0 Å². The van der Waals surface area contributed by atoms with E-state index in [1.54, 1.807) is 7.11 Å². The third-order valence-electron chi connectivity index (χ3n) is 2.68. The molecule has 1 heterocycles. The monoisotopic (exact) mass is 246 g/mol. The van der Waals surface area contributed by atoms with Crippen LogP contribution in [-0.2, 0) is 11.3 Å². The third-order valence-corrected chi connectivity index (χ3v) is 2.68. The Morgan fingerprint density at radius 1 is 1.28 bits per heavy atom. The number of aromatic nitrogens is 1. The molecule has 96 valence electrons. The van der Waals surface area contributed by atoms with Gasteiger partial charge in [-0.1, -0.05) is 35.0 Å². The van der Waals surface area contributed by atoms with Crippen molar-refractivity contribution >= 4 is 0 Å². The standard InChI is InChI=1S/C14H18N2O2/c1-11-3-5-12(6-4-11)14-9-13(16-18-14)10-15-7-8-17-2/h3-6,9,15H,7-8,10H2,1-2H3. The first-order chi connectivity index (χ1) is 8.79. The summed E-state index contributed by atoms with van der Waals surface area (Å²) in [5.41, 5.74) is 3.19. The van der Waals surface area contributed by atoms with Crippen LogP contribution in [0.5, 0.6) is 0 Å². The second-order valence-corrected chi connectivity index (χ2v) is 4.22. The lowest BCUT2D eigenvalue weighted by atomic mass is 10.1. The summed E-state index contributed by atoms with van der Waals surface area (Å²) in [5.74, 6) is 0.804. The minimum absolute atomic E-state index is 0.693. The molecule has 18 heavy (non-hydrogen) atoms. The van der Waals surface area contributed by atoms with E-state index in [0.717, 1.165) is 23.6 Å². The first-order valence-electron chi connectivity index (χ1n) is 6.02. The van der Waals surface area contributed by atoms with Crippen molar-refractivity contribution in [2.75, 3.05) is 20.3 Å². The summed E-state index contributed by atoms with van der Waals surface area (Å²) < 4.78 is 10.3. The zero-order chi connectivity index (χ0) is 12.8. The molecule has 0 radical (unpaired) electrons. The zero-order valence-corrected chi connectivity index (χ0v) is 10.8. The normalized spacial score (nSPS) is 10.8. The number of rotatable bonds is 6. The predicted molar refractivity (Wildman–Crippen MR) is 70.3 cm³/mol. The predicted octanol–water partition coefficient (Wildman–Crippen LogP) is 2.39. The average Bonchev–Trinajstić information content (AvgIpc) is 2.84. The van der Waals surface area contributed by atoms with Crippen LogP contribution in [0, 0.1) is 6.92 Å². The number of hydrogen-bond donors (Lipinski definition) is 1. The largest absolute Gasteiger partial charge is 0.383 e. The van der Waals surface area contributed by atoms with Crippen LogP contribution in [0.4, 0.5) is 0 Å². The highest BCUT2D eigenvalue weighted by Crippen LogP contribution is 2.20. The van der Waals surface area contributed by atoms with Crippen molar-refractivity contribution in [3.8, 4) is 11.3 Å². The van der Waals surface area contributed by atoms with Gasteiger partial charge in [0.1, 0.15) is 0 Å². The lowest BCUT2D eigenvalue weighted by molar-refractivity contribution is 0.199. The maximum atomic E-state index is 5.33. The van der Waals surface area contributed by atoms with E-state index < -0.39 is 0 Å². The molecule has 0 aliphatic rings. The Morgan fingerprint density at radius 2 is 2.06 bits per heavy atom. The average molecular weight is 246 g/mol. The minimum Gasteiger partial charge on any atom is -0.383 e. The number of ether oxygens (including phenoxy) is 1. The fraction of sp³-hybridized carbons (Fsp3) is 0.357. The van der Waals surface area contributed by atoms with Gasteiger partial charge in [0.2, 0.25) is 0 Å². The van der Waals surface area contributed by atoms with E-state index >= 15 is 0 Å². The first-order valence-corrected chi connectivity index (χ1v) is 6.02. The fourth-order valence-corrected chi connectivity index (χ4v) is 1.64. The van der Waals surface area contributed by atoms with Crippen LogP contribution in [0.15, 0.2) is 34.9 Å². The molecule has 0 aliphatic carbocycles. The topological polar surface area (TPSA) is 47.3 Å². The van der Waals surface area contributed by atoms with E-state index in [9.17, 15) is 0 Å². The molecule has 0 aliphatic heterocycles. The Kier molecular flexibility index (Phi) is 4.50. The van der Waals surface area contributed by atoms with Gasteiger partial charge in [0.25, 0.3) is 0 Å². The third kappa shape index (κ3) is 3.42. The van der Waals surface area contributed by atoms with Gasteiger partial charge in [-0.3, -0.25) is 0 Å². The molecule has 0 unspecified atom stereocenters. The van der Waals surface area contributed by atoms with Crippen molar-refractivity contribution in [3.63, 3.8) is 0 Å². The van der Waals surface area contributed by atoms with Gasteiger partial charge >= 0.3 is 0 Å². The molecule has 4 heteroatoms. The molecular weight excluding hydrogens is 228 g/mol. The lowest BCUT2D eigenvalue weighted by Crippen LogP contribution is -2.18. The molecule has 0 bridgehead atoms. The van der Waals surface area contributed by atoms with Gasteiger partial charge in [0.05, 0.1) is 12.3 Å². The summed E-state index contributed by atoms with van der Waals surface area (Å²) in [4.78, 5) is 0. The maximum absolute atomic E-state index is 5.33. The van der Waals surface area contributed by atoms with Crippen molar-refractivity contribution in [1.29, 1.82) is 0 Å². The highest BCUT2D eigenvalue weighted by atomic mass is 16.5. The summed E-state index contributed by atoms with van der Waals surface area (Å²) in [6, 6.07) is 10.2. The van der Waals surface area contributed by atoms with Crippen molar-refractivity contribution in [1.82, 2.24) is 10.5 Å². The molecule has 0 amide bonds. The van der Waals surface area contributed by atoms with Crippen LogP contribution in [0.3, 0.4) is 0 Å². The van der Waals surface area contributed by atoms with Gasteiger partial charge < -0.3 is 14.6 Å². The molecule has 0 spiro atoms. The van der Waals surface area contributed by atoms with Crippen molar-refractivity contribution in [2.45, 2.75) is 13.5 Å². The first kappa shape index (κ1) is 12.8. The second kappa shape index (κ2) is 6.33. The summed E-state index contributed by atoms with van der Waals surface area (Å²) in [5, 5.41) is 7.26. The van der Waals surface area contributed by atoms with Crippen LogP contribution in [0.1, 0.15) is 11.3 Å². The molecule has 1 aromatic heterocycles. The van der Waals surface area contributed by atoms with Gasteiger partial charge in [-0.05, 0) is 6.92 Å². The Balaban J connectivity index is 1.95. The molecular formula is C14H18N2O2. The van der Waals surface area contributed by atoms with E-state index in [1.807, 2.05) is 18.2 Å². The summed E-state index contributed by atoms with van der Waals surface area (Å²) in [6.45, 7) is 4.26. The van der Waals surface area contributed by atoms with Gasteiger partial charge in [-0.2, -0.15) is 0 Å². The quantitative estimate of drug-likeness (QED) is 0.795. The number of nitrogens with one attached hydrogen (secondary N) is 1. The molecule has 1 N–H and O–H groups in total. The Labute approximate surface area is 107 Å². The molecule has 0 saturated heterocycles. The van der Waals surface area contributed by atoms with Crippen molar-refractivity contribution < 1.29 is 9.26 Å². The van der Waals surface area contributed by atoms with Gasteiger partial charge in [0.15, 0.2) is 5.76 Å². The smallest absolute Gasteiger partial charge is 0.167 e. The molecule has 1 aromatic carbocycles. The van der Waals surface area contributed by atoms with Gasteiger partial charge in [-0.15, -0.1) is 0 Å². The van der Waals surface area contributed by atoms with Gasteiger partial charge in [-0.25, -0.2) is 0 Å². The number of nitrogens with zero attached hydrogens (tertiary/aromatic N) is 1. The van der Waals surface area contributed by atoms with E-state index in [-0.39, 0.29) is 0 Å². The zero-order valence-electron chi connectivity index (χ0n) is 10.8. The van der Waals surface area contributed by atoms with Crippen LogP contribution in [0.2, 0.25) is 0 Å². The molecule has 2 aromatic rings. The summed E-state index contributed by atoms with van der Waals surface area (Å²) in [7, 11) is 1.69. The number of aryl methyl sites for hydroxylation is 1. The van der Waals surface area contributed by atoms with E-state index in [0.29, 0.717) is 13.2 Å². The highest BCUT2D eigenvalue weighted by Gasteiger charge is 2.05. The Bertz CT molecular complexity index is 477. The molecule has 2 rings (SSSR count). The van der Waals surface area contributed by atoms with Crippen LogP contribution in [0.25, 0.3) is 11.3 Å². The molecule has 4 nitrogen and oxygen atoms in total. The SMILES string of the molecule is COCCNCc1cc(-c2ccc(C)cc2)on1. The molecule has 0 atom stereocenters. The van der Waals surface area contributed by atoms with E-state index in [2.05, 4.69) is 29.5 Å². The molecule has 0 fully saturated rings. The van der Waals surface area contributed by atoms with Crippen LogP contribution < -0.4 is 5.32 Å². The van der Waals surface area contributed by atoms with Crippen LogP contribution >= 0.6 is 0 Å². The molecule has 0 saturated carbocycles. The summed E-state index contributed by atoms with van der Waals surface area (Å²) >= 11 is 0. The Morgan fingerprint density at radius 3 is 2.78 bits per heavy atom. The van der Waals surface area contributed by atoms with E-state index in [4.69, 9.17) is 9.26 Å².